The van der Waals surface area contributed by atoms with Gasteiger partial charge in [-0.2, -0.15) is 0 Å². The van der Waals surface area contributed by atoms with Gasteiger partial charge in [0.1, 0.15) is 5.78 Å². The van der Waals surface area contributed by atoms with Crippen LogP contribution in [-0.4, -0.2) is 5.78 Å². The third kappa shape index (κ3) is 4.32. The third-order valence-corrected chi connectivity index (χ3v) is 2.34. The van der Waals surface area contributed by atoms with Crippen LogP contribution >= 0.6 is 0 Å². The molecule has 1 nitrogen and oxygen atoms in total. The van der Waals surface area contributed by atoms with E-state index in [-0.39, 0.29) is 0 Å². The topological polar surface area (TPSA) is 17.1 Å². The maximum Gasteiger partial charge on any atom is 0.130 e. The fraction of sp³-hybridized carbons (Fsp3) is 0.727. The van der Waals surface area contributed by atoms with Crippen LogP contribution in [0.1, 0.15) is 53.4 Å². The molecule has 1 heteroatoms. The predicted molar refractivity (Wildman–Crippen MR) is 53.2 cm³/mol. The van der Waals surface area contributed by atoms with Gasteiger partial charge in [0, 0.05) is 6.42 Å². The van der Waals surface area contributed by atoms with Crippen LogP contribution in [0, 0.1) is 0 Å². The Labute approximate surface area is 75.9 Å². The molecule has 0 aliphatic heterocycles. The molecule has 0 aromatic carbocycles. The van der Waals surface area contributed by atoms with Gasteiger partial charge in [0.25, 0.3) is 0 Å². The minimum Gasteiger partial charge on any atom is -0.300 e. The molecule has 0 spiro atoms. The fourth-order valence-electron chi connectivity index (χ4n) is 1.27. The van der Waals surface area contributed by atoms with E-state index in [0.717, 1.165) is 19.3 Å². The lowest BCUT2D eigenvalue weighted by Gasteiger charge is -2.07. The molecule has 0 aromatic rings. The lowest BCUT2D eigenvalue weighted by molar-refractivity contribution is -0.116. The van der Waals surface area contributed by atoms with Crippen LogP contribution in [-0.2, 0) is 4.79 Å². The second-order valence-corrected chi connectivity index (χ2v) is 3.29. The normalized spacial score (nSPS) is 12.7. The number of hydrogen-bond donors (Lipinski definition) is 0. The van der Waals surface area contributed by atoms with Crippen molar-refractivity contribution in [3.63, 3.8) is 0 Å². The molecule has 0 radical (unpaired) electrons. The number of hydrogen-bond acceptors (Lipinski definition) is 1. The molecule has 0 rings (SSSR count). The molecule has 0 aliphatic carbocycles. The van der Waals surface area contributed by atoms with Gasteiger partial charge in [-0.3, -0.25) is 0 Å². The summed E-state index contributed by atoms with van der Waals surface area (Å²) >= 11 is 0. The highest BCUT2D eigenvalue weighted by molar-refractivity contribution is 5.75. The van der Waals surface area contributed by atoms with Crippen molar-refractivity contribution < 1.29 is 4.79 Å². The van der Waals surface area contributed by atoms with E-state index >= 15 is 0 Å². The largest absolute Gasteiger partial charge is 0.300 e. The standard InChI is InChI=1S/C11H20O/c1-5-9(3)11(6-2)8-7-10(4)12/h5-8H2,1-4H3/b11-9+. The van der Waals surface area contributed by atoms with Crippen molar-refractivity contribution in [3.05, 3.63) is 11.1 Å². The monoisotopic (exact) mass is 168 g/mol. The molecule has 0 bridgehead atoms. The summed E-state index contributed by atoms with van der Waals surface area (Å²) in [7, 11) is 0. The molecule has 0 heterocycles. The van der Waals surface area contributed by atoms with Gasteiger partial charge in [-0.1, -0.05) is 25.0 Å². The van der Waals surface area contributed by atoms with Gasteiger partial charge in [-0.05, 0) is 33.1 Å². The van der Waals surface area contributed by atoms with Crippen molar-refractivity contribution in [1.29, 1.82) is 0 Å². The molecule has 0 N–H and O–H groups in total. The van der Waals surface area contributed by atoms with Crippen molar-refractivity contribution in [2.24, 2.45) is 0 Å². The Morgan fingerprint density at radius 3 is 1.92 bits per heavy atom. The van der Waals surface area contributed by atoms with Crippen molar-refractivity contribution >= 4 is 5.78 Å². The van der Waals surface area contributed by atoms with Crippen LogP contribution in [0.15, 0.2) is 11.1 Å². The smallest absolute Gasteiger partial charge is 0.130 e. The summed E-state index contributed by atoms with van der Waals surface area (Å²) in [6.45, 7) is 8.15. The van der Waals surface area contributed by atoms with Crippen molar-refractivity contribution in [3.8, 4) is 0 Å². The van der Waals surface area contributed by atoms with Gasteiger partial charge in [0.15, 0.2) is 0 Å². The summed E-state index contributed by atoms with van der Waals surface area (Å²) in [5.41, 5.74) is 2.92. The maximum absolute atomic E-state index is 10.8. The quantitative estimate of drug-likeness (QED) is 0.574. The minimum absolute atomic E-state index is 0.296. The van der Waals surface area contributed by atoms with Crippen LogP contribution < -0.4 is 0 Å². The Hall–Kier alpha value is -0.590. The van der Waals surface area contributed by atoms with E-state index in [1.54, 1.807) is 6.92 Å². The van der Waals surface area contributed by atoms with Gasteiger partial charge >= 0.3 is 0 Å². The number of ketones is 1. The average molecular weight is 168 g/mol. The molecule has 0 aromatic heterocycles. The zero-order valence-corrected chi connectivity index (χ0v) is 8.74. The number of carbonyl (C=O) groups is 1. The van der Waals surface area contributed by atoms with E-state index in [0.29, 0.717) is 12.2 Å². The molecule has 12 heavy (non-hydrogen) atoms. The number of allylic oxidation sites excluding steroid dienone is 2. The van der Waals surface area contributed by atoms with Gasteiger partial charge in [0.05, 0.1) is 0 Å². The van der Waals surface area contributed by atoms with Crippen molar-refractivity contribution in [2.45, 2.75) is 53.4 Å². The lowest BCUT2D eigenvalue weighted by Crippen LogP contribution is -1.93. The summed E-state index contributed by atoms with van der Waals surface area (Å²) < 4.78 is 0. The lowest BCUT2D eigenvalue weighted by atomic mass is 9.99. The number of rotatable bonds is 5. The van der Waals surface area contributed by atoms with Crippen LogP contribution in [0.5, 0.6) is 0 Å². The van der Waals surface area contributed by atoms with Gasteiger partial charge in [0.2, 0.25) is 0 Å². The molecule has 0 saturated carbocycles. The predicted octanol–water partition coefficient (Wildman–Crippen LogP) is 3.49. The van der Waals surface area contributed by atoms with E-state index < -0.39 is 0 Å². The highest BCUT2D eigenvalue weighted by Gasteiger charge is 2.00. The molecule has 0 amide bonds. The van der Waals surface area contributed by atoms with Crippen LogP contribution in [0.25, 0.3) is 0 Å². The van der Waals surface area contributed by atoms with Gasteiger partial charge < -0.3 is 4.79 Å². The highest BCUT2D eigenvalue weighted by Crippen LogP contribution is 2.17. The third-order valence-electron chi connectivity index (χ3n) is 2.34. The SMILES string of the molecule is CC/C(C)=C(\CC)CCC(C)=O. The van der Waals surface area contributed by atoms with Crippen molar-refractivity contribution in [1.82, 2.24) is 0 Å². The van der Waals surface area contributed by atoms with Crippen LogP contribution in [0.3, 0.4) is 0 Å². The first kappa shape index (κ1) is 11.4. The van der Waals surface area contributed by atoms with E-state index in [1.165, 1.54) is 11.1 Å². The number of carbonyl (C=O) groups excluding carboxylic acids is 1. The molecule has 0 fully saturated rings. The fourth-order valence-corrected chi connectivity index (χ4v) is 1.27. The van der Waals surface area contributed by atoms with E-state index in [1.807, 2.05) is 0 Å². The number of Topliss-reactive ketones (excluding diaryl/α,β-unsaturated/α-hetero) is 1. The summed E-state index contributed by atoms with van der Waals surface area (Å²) in [4.78, 5) is 10.8. The first-order chi connectivity index (χ1) is 5.61. The van der Waals surface area contributed by atoms with Crippen LogP contribution in [0.2, 0.25) is 0 Å². The Bertz CT molecular complexity index is 177. The Kier molecular flexibility index (Phi) is 5.69. The molecular formula is C11H20O. The first-order valence-electron chi connectivity index (χ1n) is 4.78. The van der Waals surface area contributed by atoms with Gasteiger partial charge in [-0.15, -0.1) is 0 Å². The van der Waals surface area contributed by atoms with Gasteiger partial charge in [-0.25, -0.2) is 0 Å². The molecule has 0 saturated heterocycles. The van der Waals surface area contributed by atoms with E-state index in [4.69, 9.17) is 0 Å². The highest BCUT2D eigenvalue weighted by atomic mass is 16.1. The average Bonchev–Trinajstić information content (AvgIpc) is 2.04. The zero-order chi connectivity index (χ0) is 9.56. The summed E-state index contributed by atoms with van der Waals surface area (Å²) in [5, 5.41) is 0. The molecular weight excluding hydrogens is 148 g/mol. The van der Waals surface area contributed by atoms with E-state index in [2.05, 4.69) is 20.8 Å². The Morgan fingerprint density at radius 2 is 1.58 bits per heavy atom. The molecule has 0 aliphatic rings. The summed E-state index contributed by atoms with van der Waals surface area (Å²) in [5.74, 6) is 0.296. The second-order valence-electron chi connectivity index (χ2n) is 3.29. The minimum atomic E-state index is 0.296. The Morgan fingerprint density at radius 1 is 1.00 bits per heavy atom. The maximum atomic E-state index is 10.8. The van der Waals surface area contributed by atoms with Crippen molar-refractivity contribution in [2.75, 3.05) is 0 Å². The summed E-state index contributed by atoms with van der Waals surface area (Å²) in [6.07, 6.45) is 3.88. The molecule has 0 unspecified atom stereocenters. The Balaban J connectivity index is 4.08. The molecule has 0 atom stereocenters. The first-order valence-corrected chi connectivity index (χ1v) is 4.78. The molecule has 70 valence electrons. The van der Waals surface area contributed by atoms with Crippen LogP contribution in [0.4, 0.5) is 0 Å². The second kappa shape index (κ2) is 5.99. The van der Waals surface area contributed by atoms with E-state index in [9.17, 15) is 4.79 Å². The summed E-state index contributed by atoms with van der Waals surface area (Å²) in [6, 6.07) is 0. The zero-order valence-electron chi connectivity index (χ0n) is 8.74.